The Labute approximate surface area is 83.9 Å². The van der Waals surface area contributed by atoms with Gasteiger partial charge in [-0.1, -0.05) is 37.6 Å². The number of aromatic carboxylic acids is 1. The van der Waals surface area contributed by atoms with E-state index < -0.39 is 5.97 Å². The fourth-order valence-electron chi connectivity index (χ4n) is 1.12. The lowest BCUT2D eigenvalue weighted by Gasteiger charge is -1.95. The number of hydrogen-bond acceptors (Lipinski definition) is 1. The van der Waals surface area contributed by atoms with Gasteiger partial charge in [-0.05, 0) is 24.1 Å². The molecule has 0 aliphatic rings. The lowest BCUT2D eigenvalue weighted by molar-refractivity contribution is 0.0697. The summed E-state index contributed by atoms with van der Waals surface area (Å²) in [6.07, 6.45) is 6.29. The van der Waals surface area contributed by atoms with Gasteiger partial charge in [0.15, 0.2) is 0 Å². The minimum Gasteiger partial charge on any atom is -0.478 e. The number of unbranched alkanes of at least 4 members (excludes halogenated alkanes) is 1. The van der Waals surface area contributed by atoms with Gasteiger partial charge in [-0.25, -0.2) is 4.79 Å². The Morgan fingerprint density at radius 1 is 1.36 bits per heavy atom. The van der Waals surface area contributed by atoms with Crippen molar-refractivity contribution in [3.63, 3.8) is 0 Å². The molecule has 0 aliphatic heterocycles. The van der Waals surface area contributed by atoms with Gasteiger partial charge in [-0.2, -0.15) is 0 Å². The summed E-state index contributed by atoms with van der Waals surface area (Å²) in [5.74, 6) is -0.880. The lowest BCUT2D eigenvalue weighted by atomic mass is 10.1. The first-order valence-corrected chi connectivity index (χ1v) is 4.74. The molecular weight excluding hydrogens is 176 g/mol. The molecule has 1 N–H and O–H groups in total. The normalized spacial score (nSPS) is 10.6. The highest BCUT2D eigenvalue weighted by molar-refractivity contribution is 5.87. The van der Waals surface area contributed by atoms with E-state index in [2.05, 4.69) is 13.0 Å². The van der Waals surface area contributed by atoms with E-state index in [9.17, 15) is 4.79 Å². The first-order valence-electron chi connectivity index (χ1n) is 4.74. The van der Waals surface area contributed by atoms with Crippen LogP contribution in [-0.2, 0) is 0 Å². The molecule has 0 aliphatic carbocycles. The minimum atomic E-state index is -0.880. The number of allylic oxidation sites excluding steroid dienone is 1. The van der Waals surface area contributed by atoms with Gasteiger partial charge in [0.05, 0.1) is 5.56 Å². The summed E-state index contributed by atoms with van der Waals surface area (Å²) in [6, 6.07) is 6.87. The predicted molar refractivity (Wildman–Crippen MR) is 57.3 cm³/mol. The van der Waals surface area contributed by atoms with Gasteiger partial charge in [0.2, 0.25) is 0 Å². The maximum absolute atomic E-state index is 10.6. The first kappa shape index (κ1) is 10.5. The van der Waals surface area contributed by atoms with Crippen LogP contribution >= 0.6 is 0 Å². The van der Waals surface area contributed by atoms with Crippen LogP contribution in [0, 0.1) is 0 Å². The summed E-state index contributed by atoms with van der Waals surface area (Å²) in [7, 11) is 0. The molecule has 0 radical (unpaired) electrons. The monoisotopic (exact) mass is 190 g/mol. The molecule has 14 heavy (non-hydrogen) atoms. The van der Waals surface area contributed by atoms with Crippen molar-refractivity contribution in [2.24, 2.45) is 0 Å². The van der Waals surface area contributed by atoms with Gasteiger partial charge >= 0.3 is 5.97 Å². The summed E-state index contributed by atoms with van der Waals surface area (Å²) in [4.78, 5) is 10.6. The Balaban J connectivity index is 2.68. The Morgan fingerprint density at radius 2 is 2.00 bits per heavy atom. The average molecular weight is 190 g/mol. The maximum Gasteiger partial charge on any atom is 0.335 e. The fourth-order valence-corrected chi connectivity index (χ4v) is 1.12. The van der Waals surface area contributed by atoms with Gasteiger partial charge in [-0.15, -0.1) is 0 Å². The number of carboxylic acids is 1. The van der Waals surface area contributed by atoms with E-state index >= 15 is 0 Å². The third-order valence-corrected chi connectivity index (χ3v) is 1.92. The fraction of sp³-hybridized carbons (Fsp3) is 0.250. The van der Waals surface area contributed by atoms with Crippen LogP contribution in [0.2, 0.25) is 0 Å². The van der Waals surface area contributed by atoms with Gasteiger partial charge in [-0.3, -0.25) is 0 Å². The second-order valence-corrected chi connectivity index (χ2v) is 3.12. The van der Waals surface area contributed by atoms with Crippen LogP contribution in [0.25, 0.3) is 6.08 Å². The van der Waals surface area contributed by atoms with Crippen LogP contribution in [0.4, 0.5) is 0 Å². The highest BCUT2D eigenvalue weighted by atomic mass is 16.4. The van der Waals surface area contributed by atoms with Gasteiger partial charge < -0.3 is 5.11 Å². The standard InChI is InChI=1S/C12H14O2/c1-2-3-4-5-10-6-8-11(9-7-10)12(13)14/h4-9H,2-3H2,1H3,(H,13,14)/b5-4-. The molecule has 0 atom stereocenters. The van der Waals surface area contributed by atoms with Crippen LogP contribution in [0.5, 0.6) is 0 Å². The number of rotatable bonds is 4. The maximum atomic E-state index is 10.6. The van der Waals surface area contributed by atoms with E-state index in [0.29, 0.717) is 5.56 Å². The van der Waals surface area contributed by atoms with Crippen molar-refractivity contribution >= 4 is 12.0 Å². The number of carbonyl (C=O) groups is 1. The molecule has 2 heteroatoms. The van der Waals surface area contributed by atoms with Crippen LogP contribution in [0.15, 0.2) is 30.3 Å². The molecule has 0 saturated heterocycles. The van der Waals surface area contributed by atoms with Crippen LogP contribution in [0.1, 0.15) is 35.7 Å². The molecule has 1 aromatic carbocycles. The molecule has 74 valence electrons. The zero-order valence-corrected chi connectivity index (χ0v) is 8.23. The molecule has 0 amide bonds. The Bertz CT molecular complexity index is 323. The largest absolute Gasteiger partial charge is 0.478 e. The third kappa shape index (κ3) is 3.05. The quantitative estimate of drug-likeness (QED) is 0.791. The number of hydrogen-bond donors (Lipinski definition) is 1. The average Bonchev–Trinajstić information content (AvgIpc) is 2.19. The Morgan fingerprint density at radius 3 is 2.50 bits per heavy atom. The SMILES string of the molecule is CCC/C=C\c1ccc(C(=O)O)cc1. The molecule has 1 aromatic rings. The molecule has 0 saturated carbocycles. The molecule has 0 aromatic heterocycles. The number of benzene rings is 1. The van der Waals surface area contributed by atoms with Crippen LogP contribution < -0.4 is 0 Å². The zero-order chi connectivity index (χ0) is 10.4. The van der Waals surface area contributed by atoms with E-state index in [1.165, 1.54) is 0 Å². The lowest BCUT2D eigenvalue weighted by Crippen LogP contribution is -1.94. The van der Waals surface area contributed by atoms with Gasteiger partial charge in [0, 0.05) is 0 Å². The zero-order valence-electron chi connectivity index (χ0n) is 8.23. The van der Waals surface area contributed by atoms with E-state index in [-0.39, 0.29) is 0 Å². The predicted octanol–water partition coefficient (Wildman–Crippen LogP) is 3.20. The van der Waals surface area contributed by atoms with Crippen molar-refractivity contribution in [3.8, 4) is 0 Å². The van der Waals surface area contributed by atoms with Gasteiger partial charge in [0.25, 0.3) is 0 Å². The second-order valence-electron chi connectivity index (χ2n) is 3.12. The van der Waals surface area contributed by atoms with Crippen molar-refractivity contribution in [1.29, 1.82) is 0 Å². The van der Waals surface area contributed by atoms with E-state index in [0.717, 1.165) is 18.4 Å². The smallest absolute Gasteiger partial charge is 0.335 e. The first-order chi connectivity index (χ1) is 6.74. The van der Waals surface area contributed by atoms with Crippen molar-refractivity contribution < 1.29 is 9.90 Å². The van der Waals surface area contributed by atoms with Crippen LogP contribution in [-0.4, -0.2) is 11.1 Å². The van der Waals surface area contributed by atoms with Crippen molar-refractivity contribution in [1.82, 2.24) is 0 Å². The van der Waals surface area contributed by atoms with Gasteiger partial charge in [0.1, 0.15) is 0 Å². The molecule has 0 spiro atoms. The molecular formula is C12H14O2. The minimum absolute atomic E-state index is 0.331. The highest BCUT2D eigenvalue weighted by Crippen LogP contribution is 2.07. The molecule has 2 nitrogen and oxygen atoms in total. The number of carboxylic acid groups (broad SMARTS) is 1. The van der Waals surface area contributed by atoms with Crippen molar-refractivity contribution in [2.75, 3.05) is 0 Å². The van der Waals surface area contributed by atoms with E-state index in [4.69, 9.17) is 5.11 Å². The summed E-state index contributed by atoms with van der Waals surface area (Å²) >= 11 is 0. The summed E-state index contributed by atoms with van der Waals surface area (Å²) in [6.45, 7) is 2.12. The molecule has 0 unspecified atom stereocenters. The van der Waals surface area contributed by atoms with E-state index in [1.807, 2.05) is 18.2 Å². The second kappa shape index (κ2) is 5.22. The summed E-state index contributed by atoms with van der Waals surface area (Å²) in [5, 5.41) is 8.67. The van der Waals surface area contributed by atoms with E-state index in [1.54, 1.807) is 12.1 Å². The topological polar surface area (TPSA) is 37.3 Å². The molecule has 0 heterocycles. The highest BCUT2D eigenvalue weighted by Gasteiger charge is 1.99. The molecule has 1 rings (SSSR count). The Kier molecular flexibility index (Phi) is 3.92. The Hall–Kier alpha value is -1.57. The third-order valence-electron chi connectivity index (χ3n) is 1.92. The molecule has 0 fully saturated rings. The van der Waals surface area contributed by atoms with Crippen molar-refractivity contribution in [3.05, 3.63) is 41.5 Å². The summed E-state index contributed by atoms with van der Waals surface area (Å²) < 4.78 is 0. The van der Waals surface area contributed by atoms with Crippen molar-refractivity contribution in [2.45, 2.75) is 19.8 Å². The van der Waals surface area contributed by atoms with Crippen LogP contribution in [0.3, 0.4) is 0 Å². The molecule has 0 bridgehead atoms. The summed E-state index contributed by atoms with van der Waals surface area (Å²) in [5.41, 5.74) is 1.38.